The van der Waals surface area contributed by atoms with Crippen molar-refractivity contribution in [3.8, 4) is 0 Å². The van der Waals surface area contributed by atoms with Crippen molar-refractivity contribution in [2.45, 2.75) is 38.5 Å². The van der Waals surface area contributed by atoms with Gasteiger partial charge in [0.1, 0.15) is 12.1 Å². The number of hydrogen-bond acceptors (Lipinski definition) is 9. The molecule has 0 aliphatic carbocycles. The predicted octanol–water partition coefficient (Wildman–Crippen LogP) is 4.07. The topological polar surface area (TPSA) is 113 Å². The first-order chi connectivity index (χ1) is 18.5. The minimum Gasteiger partial charge on any atom is -0.480 e. The first kappa shape index (κ1) is 29.0. The average Bonchev–Trinajstić information content (AvgIpc) is 3.40. The molecule has 1 fully saturated rings. The Morgan fingerprint density at radius 3 is 2.72 bits per heavy atom. The van der Waals surface area contributed by atoms with Crippen molar-refractivity contribution in [3.63, 3.8) is 0 Å². The highest BCUT2D eigenvalue weighted by Crippen LogP contribution is 2.38. The maximum Gasteiger partial charge on any atom is 0.434 e. The van der Waals surface area contributed by atoms with Crippen LogP contribution >= 0.6 is 22.9 Å². The van der Waals surface area contributed by atoms with Gasteiger partial charge >= 0.3 is 18.1 Å². The van der Waals surface area contributed by atoms with Crippen molar-refractivity contribution in [3.05, 3.63) is 61.7 Å². The number of aliphatic carboxylic acids is 1. The molecule has 2 aliphatic rings. The summed E-state index contributed by atoms with van der Waals surface area (Å²) in [6.07, 6.45) is -3.94. The average molecular weight is 587 g/mol. The molecule has 2 aromatic rings. The van der Waals surface area contributed by atoms with Crippen LogP contribution in [0, 0.1) is 0 Å². The van der Waals surface area contributed by atoms with Gasteiger partial charge in [0, 0.05) is 34.8 Å². The van der Waals surface area contributed by atoms with Gasteiger partial charge in [0.2, 0.25) is 0 Å². The van der Waals surface area contributed by atoms with Crippen molar-refractivity contribution in [2.24, 2.45) is 4.99 Å². The van der Waals surface area contributed by atoms with Gasteiger partial charge in [-0.05, 0) is 25.0 Å². The van der Waals surface area contributed by atoms with E-state index in [-0.39, 0.29) is 55.0 Å². The number of carbonyl (C=O) groups is 2. The lowest BCUT2D eigenvalue weighted by Gasteiger charge is -2.35. The van der Waals surface area contributed by atoms with Gasteiger partial charge in [-0.1, -0.05) is 30.7 Å². The third kappa shape index (κ3) is 6.43. The van der Waals surface area contributed by atoms with Crippen LogP contribution in [0.3, 0.4) is 0 Å². The largest absolute Gasteiger partial charge is 0.480 e. The highest BCUT2D eigenvalue weighted by atomic mass is 35.5. The molecular formula is C25H26ClF3N4O5S. The van der Waals surface area contributed by atoms with Crippen LogP contribution in [0.5, 0.6) is 0 Å². The minimum absolute atomic E-state index is 0.000632. The number of aromatic nitrogens is 1. The first-order valence-electron chi connectivity index (χ1n) is 12.1. The minimum atomic E-state index is -4.65. The summed E-state index contributed by atoms with van der Waals surface area (Å²) >= 11 is 7.36. The van der Waals surface area contributed by atoms with Gasteiger partial charge in [0.05, 0.1) is 25.4 Å². The van der Waals surface area contributed by atoms with Gasteiger partial charge in [-0.2, -0.15) is 13.2 Å². The van der Waals surface area contributed by atoms with E-state index in [4.69, 9.17) is 21.1 Å². The summed E-state index contributed by atoms with van der Waals surface area (Å²) in [4.78, 5) is 35.1. The monoisotopic (exact) mass is 586 g/mol. The smallest absolute Gasteiger partial charge is 0.434 e. The number of carbonyl (C=O) groups excluding carboxylic acids is 1. The fraction of sp³-hybridized carbons (Fsp3) is 0.440. The van der Waals surface area contributed by atoms with Crippen molar-refractivity contribution in [1.82, 2.24) is 15.2 Å². The number of nitrogens with one attached hydrogen (secondary N) is 1. The Balaban J connectivity index is 1.86. The number of nitrogens with zero attached hydrogens (tertiary/aromatic N) is 3. The number of hydrogen-bond donors (Lipinski definition) is 2. The lowest BCUT2D eigenvalue weighted by molar-refractivity contribution is -0.149. The zero-order valence-corrected chi connectivity index (χ0v) is 22.6. The number of morpholine rings is 1. The second-order valence-electron chi connectivity index (χ2n) is 8.76. The van der Waals surface area contributed by atoms with Crippen LogP contribution in [0.25, 0.3) is 0 Å². The van der Waals surface area contributed by atoms with Crippen molar-refractivity contribution in [2.75, 3.05) is 32.9 Å². The van der Waals surface area contributed by atoms with E-state index in [9.17, 15) is 27.9 Å². The standard InChI is InChI=1S/C25H26ClF3N4O5S/c1-3-13-5-6-14(15(26)9-13)20-19(24(36)38-4-2)16(10-33-7-8-37-11-17(33)23(34)35)30-21(32-20)22-31-18(12-39-22)25(27,28)29/h5-6,9,12,17,20H,3-4,7-8,10-11H2,1-2H3,(H,30,32)(H,34,35). The predicted molar refractivity (Wildman–Crippen MR) is 138 cm³/mol. The number of aliphatic imine (C=N–C) groups is 1. The maximum absolute atomic E-state index is 13.3. The molecule has 2 N–H and O–H groups in total. The van der Waals surface area contributed by atoms with E-state index in [0.29, 0.717) is 17.0 Å². The summed E-state index contributed by atoms with van der Waals surface area (Å²) in [7, 11) is 0. The lowest BCUT2D eigenvalue weighted by Crippen LogP contribution is -2.52. The molecule has 1 aromatic carbocycles. The molecule has 3 heterocycles. The van der Waals surface area contributed by atoms with Crippen LogP contribution < -0.4 is 5.32 Å². The van der Waals surface area contributed by atoms with Gasteiger partial charge in [-0.3, -0.25) is 14.7 Å². The maximum atomic E-state index is 13.3. The molecule has 39 heavy (non-hydrogen) atoms. The Morgan fingerprint density at radius 1 is 1.33 bits per heavy atom. The zero-order chi connectivity index (χ0) is 28.3. The van der Waals surface area contributed by atoms with Crippen LogP contribution in [0.4, 0.5) is 13.2 Å². The SMILES string of the molecule is CCOC(=O)C1=C(CN2CCOCC2C(=O)O)NC(c2nc(C(F)(F)F)cs2)=NC1c1ccc(CC)cc1Cl. The molecule has 0 amide bonds. The number of carboxylic acid groups (broad SMARTS) is 1. The number of halogens is 4. The number of ether oxygens (including phenoxy) is 2. The molecule has 210 valence electrons. The summed E-state index contributed by atoms with van der Waals surface area (Å²) in [6, 6.07) is 3.24. The molecule has 2 aliphatic heterocycles. The molecule has 9 nitrogen and oxygen atoms in total. The Bertz CT molecular complexity index is 1310. The second-order valence-corrected chi connectivity index (χ2v) is 10.0. The van der Waals surface area contributed by atoms with Crippen molar-refractivity contribution in [1.29, 1.82) is 0 Å². The van der Waals surface area contributed by atoms with Crippen LogP contribution in [0.2, 0.25) is 5.02 Å². The summed E-state index contributed by atoms with van der Waals surface area (Å²) in [5.74, 6) is -1.82. The van der Waals surface area contributed by atoms with Gasteiger partial charge in [-0.25, -0.2) is 9.78 Å². The summed E-state index contributed by atoms with van der Waals surface area (Å²) in [5, 5.41) is 13.8. The molecule has 0 saturated carbocycles. The number of carboxylic acids is 1. The van der Waals surface area contributed by atoms with E-state index in [1.54, 1.807) is 24.0 Å². The van der Waals surface area contributed by atoms with E-state index in [1.165, 1.54) is 0 Å². The third-order valence-electron chi connectivity index (χ3n) is 6.27. The Kier molecular flexibility index (Phi) is 8.94. The first-order valence-corrected chi connectivity index (χ1v) is 13.4. The Morgan fingerprint density at radius 2 is 2.10 bits per heavy atom. The molecule has 1 saturated heterocycles. The number of esters is 1. The van der Waals surface area contributed by atoms with E-state index >= 15 is 0 Å². The molecule has 0 spiro atoms. The quantitative estimate of drug-likeness (QED) is 0.445. The number of amidine groups is 1. The number of alkyl halides is 3. The fourth-order valence-corrected chi connectivity index (χ4v) is 5.37. The molecule has 4 rings (SSSR count). The van der Waals surface area contributed by atoms with Gasteiger partial charge < -0.3 is 19.9 Å². The summed E-state index contributed by atoms with van der Waals surface area (Å²) in [5.41, 5.74) is 0.620. The molecule has 14 heteroatoms. The Labute approximate surface area is 231 Å². The lowest BCUT2D eigenvalue weighted by atomic mass is 9.94. The molecule has 2 unspecified atom stereocenters. The number of rotatable bonds is 8. The van der Waals surface area contributed by atoms with E-state index in [1.807, 2.05) is 13.0 Å². The van der Waals surface area contributed by atoms with Crippen LogP contribution in [0.1, 0.15) is 41.7 Å². The zero-order valence-electron chi connectivity index (χ0n) is 21.0. The number of aryl methyl sites for hydroxylation is 1. The number of benzene rings is 1. The van der Waals surface area contributed by atoms with Crippen LogP contribution in [0.15, 0.2) is 39.8 Å². The highest BCUT2D eigenvalue weighted by Gasteiger charge is 2.39. The molecule has 1 aromatic heterocycles. The molecule has 0 bridgehead atoms. The molecule has 2 atom stereocenters. The van der Waals surface area contributed by atoms with E-state index in [0.717, 1.165) is 22.3 Å². The van der Waals surface area contributed by atoms with Crippen molar-refractivity contribution >= 4 is 40.7 Å². The molecule has 0 radical (unpaired) electrons. The number of thiazole rings is 1. The molecular weight excluding hydrogens is 561 g/mol. The van der Waals surface area contributed by atoms with E-state index < -0.39 is 35.9 Å². The summed E-state index contributed by atoms with van der Waals surface area (Å²) < 4.78 is 50.6. The van der Waals surface area contributed by atoms with Crippen molar-refractivity contribution < 1.29 is 37.3 Å². The third-order valence-corrected chi connectivity index (χ3v) is 7.45. The normalized spacial score (nSPS) is 20.4. The summed E-state index contributed by atoms with van der Waals surface area (Å²) in [6.45, 7) is 4.03. The van der Waals surface area contributed by atoms with Crippen LogP contribution in [-0.4, -0.2) is 71.7 Å². The fourth-order valence-electron chi connectivity index (χ4n) is 4.29. The highest BCUT2D eigenvalue weighted by molar-refractivity contribution is 7.11. The Hall–Kier alpha value is -3.00. The second kappa shape index (κ2) is 12.0. The van der Waals surface area contributed by atoms with Crippen LogP contribution in [-0.2, 0) is 31.7 Å². The van der Waals surface area contributed by atoms with Gasteiger partial charge in [0.15, 0.2) is 16.5 Å². The van der Waals surface area contributed by atoms with Gasteiger partial charge in [0.25, 0.3) is 0 Å². The van der Waals surface area contributed by atoms with E-state index in [2.05, 4.69) is 15.3 Å². The van der Waals surface area contributed by atoms with Gasteiger partial charge in [-0.15, -0.1) is 11.3 Å².